The van der Waals surface area contributed by atoms with Gasteiger partial charge in [0.2, 0.25) is 9.04 Å². The van der Waals surface area contributed by atoms with Crippen LogP contribution < -0.4 is 0 Å². The molecule has 1 N–H and O–H groups in total. The lowest BCUT2D eigenvalue weighted by molar-refractivity contribution is 0.588. The van der Waals surface area contributed by atoms with Crippen LogP contribution in [-0.2, 0) is 0 Å². The van der Waals surface area contributed by atoms with Gasteiger partial charge >= 0.3 is 0 Å². The van der Waals surface area contributed by atoms with Crippen LogP contribution in [0.5, 0.6) is 0 Å². The van der Waals surface area contributed by atoms with Gasteiger partial charge in [0.05, 0.1) is 0 Å². The standard InChI is InChI=1S/C4H9OSi/c1-4(2)6(3)5/h5H,1H2,2-3H3. The Bertz CT molecular complexity index is 58.6. The van der Waals surface area contributed by atoms with E-state index in [4.69, 9.17) is 4.80 Å². The summed E-state index contributed by atoms with van der Waals surface area (Å²) in [6.07, 6.45) is 0. The summed E-state index contributed by atoms with van der Waals surface area (Å²) >= 11 is 0. The molecule has 0 saturated heterocycles. The van der Waals surface area contributed by atoms with Crippen LogP contribution in [0.2, 0.25) is 6.55 Å². The Kier molecular flexibility index (Phi) is 2.12. The van der Waals surface area contributed by atoms with Gasteiger partial charge in [-0.05, 0) is 13.5 Å². The molecule has 1 nitrogen and oxygen atoms in total. The molecule has 1 radical (unpaired) electrons. The molecule has 6 heavy (non-hydrogen) atoms. The monoisotopic (exact) mass is 101 g/mol. The zero-order chi connectivity index (χ0) is 5.15. The summed E-state index contributed by atoms with van der Waals surface area (Å²) in [5.74, 6) is 0. The molecule has 0 aromatic heterocycles. The van der Waals surface area contributed by atoms with Crippen LogP contribution in [0.25, 0.3) is 0 Å². The van der Waals surface area contributed by atoms with Gasteiger partial charge in [-0.3, -0.25) is 0 Å². The summed E-state index contributed by atoms with van der Waals surface area (Å²) in [5, 5.41) is 0.917. The molecule has 2 heteroatoms. The molecule has 0 rings (SSSR count). The van der Waals surface area contributed by atoms with Crippen molar-refractivity contribution in [3.63, 3.8) is 0 Å². The third kappa shape index (κ3) is 2.17. The van der Waals surface area contributed by atoms with Crippen molar-refractivity contribution in [3.8, 4) is 0 Å². The van der Waals surface area contributed by atoms with Gasteiger partial charge in [-0.1, -0.05) is 5.20 Å². The molecule has 0 spiro atoms. The summed E-state index contributed by atoms with van der Waals surface area (Å²) in [6, 6.07) is 0. The first-order chi connectivity index (χ1) is 2.64. The minimum absolute atomic E-state index is 0.917. The van der Waals surface area contributed by atoms with E-state index in [9.17, 15) is 0 Å². The molecule has 0 saturated carbocycles. The van der Waals surface area contributed by atoms with Crippen LogP contribution >= 0.6 is 0 Å². The number of rotatable bonds is 1. The normalized spacial score (nSPS) is 9.33. The van der Waals surface area contributed by atoms with E-state index in [1.807, 2.05) is 6.92 Å². The average molecular weight is 101 g/mol. The fraction of sp³-hybridized carbons (Fsp3) is 0.500. The Morgan fingerprint density at radius 2 is 2.00 bits per heavy atom. The maximum absolute atomic E-state index is 8.63. The summed E-state index contributed by atoms with van der Waals surface area (Å²) in [5.41, 5.74) is 0. The largest absolute Gasteiger partial charge is 0.428 e. The molecule has 0 amide bonds. The second-order valence-corrected chi connectivity index (χ2v) is 3.39. The first kappa shape index (κ1) is 5.92. The van der Waals surface area contributed by atoms with E-state index in [1.54, 1.807) is 6.55 Å². The Balaban J connectivity index is 3.26. The third-order valence-electron chi connectivity index (χ3n) is 0.618. The highest BCUT2D eigenvalue weighted by Crippen LogP contribution is 1.87. The first-order valence-electron chi connectivity index (χ1n) is 1.83. The molecule has 35 valence electrons. The second kappa shape index (κ2) is 2.15. The summed E-state index contributed by atoms with van der Waals surface area (Å²) in [7, 11) is -1.15. The van der Waals surface area contributed by atoms with Gasteiger partial charge in [0, 0.05) is 0 Å². The van der Waals surface area contributed by atoms with Crippen LogP contribution in [0.3, 0.4) is 0 Å². The molecule has 0 aliphatic carbocycles. The fourth-order valence-corrected chi connectivity index (χ4v) is 0. The van der Waals surface area contributed by atoms with Crippen molar-refractivity contribution in [2.75, 3.05) is 0 Å². The molecule has 0 bridgehead atoms. The molecule has 0 aromatic carbocycles. The summed E-state index contributed by atoms with van der Waals surface area (Å²) in [6.45, 7) is 7.19. The number of hydrogen-bond acceptors (Lipinski definition) is 1. The molecular formula is C4H9OSi. The van der Waals surface area contributed by atoms with Crippen molar-refractivity contribution in [1.29, 1.82) is 0 Å². The summed E-state index contributed by atoms with van der Waals surface area (Å²) in [4.78, 5) is 8.63. The average Bonchev–Trinajstić information content (AvgIpc) is 1.36. The maximum atomic E-state index is 8.63. The van der Waals surface area contributed by atoms with E-state index < -0.39 is 9.04 Å². The molecule has 0 fully saturated rings. The Labute approximate surface area is 40.0 Å². The number of allylic oxidation sites excluding steroid dienone is 1. The van der Waals surface area contributed by atoms with Crippen molar-refractivity contribution in [1.82, 2.24) is 0 Å². The van der Waals surface area contributed by atoms with Crippen LogP contribution in [0.15, 0.2) is 11.8 Å². The zero-order valence-electron chi connectivity index (χ0n) is 4.15. The van der Waals surface area contributed by atoms with Crippen molar-refractivity contribution in [2.45, 2.75) is 13.5 Å². The van der Waals surface area contributed by atoms with Gasteiger partial charge in [-0.2, -0.15) is 0 Å². The van der Waals surface area contributed by atoms with Crippen molar-refractivity contribution in [3.05, 3.63) is 11.8 Å². The SMILES string of the molecule is C=C(C)[Si](C)O. The molecule has 0 aliphatic heterocycles. The molecule has 0 aromatic rings. The predicted octanol–water partition coefficient (Wildman–Crippen LogP) is 0.715. The highest BCUT2D eigenvalue weighted by molar-refractivity contribution is 6.57. The van der Waals surface area contributed by atoms with E-state index >= 15 is 0 Å². The highest BCUT2D eigenvalue weighted by atomic mass is 28.3. The van der Waals surface area contributed by atoms with Crippen molar-refractivity contribution in [2.24, 2.45) is 0 Å². The predicted molar refractivity (Wildman–Crippen MR) is 28.7 cm³/mol. The van der Waals surface area contributed by atoms with E-state index in [0.717, 1.165) is 5.20 Å². The molecule has 0 unspecified atom stereocenters. The smallest absolute Gasteiger partial charge is 0.234 e. The molecule has 0 atom stereocenters. The third-order valence-corrected chi connectivity index (χ3v) is 1.85. The molecule has 0 heterocycles. The van der Waals surface area contributed by atoms with Gasteiger partial charge < -0.3 is 4.80 Å². The van der Waals surface area contributed by atoms with Crippen LogP contribution in [-0.4, -0.2) is 13.8 Å². The fourth-order valence-electron chi connectivity index (χ4n) is 0. The van der Waals surface area contributed by atoms with Gasteiger partial charge in [-0.25, -0.2) is 0 Å². The van der Waals surface area contributed by atoms with Gasteiger partial charge in [0.1, 0.15) is 0 Å². The van der Waals surface area contributed by atoms with Gasteiger partial charge in [0.25, 0.3) is 0 Å². The van der Waals surface area contributed by atoms with Crippen LogP contribution in [0.1, 0.15) is 6.92 Å². The quantitative estimate of drug-likeness (QED) is 0.482. The molecular weight excluding hydrogens is 92.1 g/mol. The molecule has 0 aliphatic rings. The van der Waals surface area contributed by atoms with E-state index in [2.05, 4.69) is 6.58 Å². The summed E-state index contributed by atoms with van der Waals surface area (Å²) < 4.78 is 0. The first-order valence-corrected chi connectivity index (χ1v) is 3.77. The van der Waals surface area contributed by atoms with Crippen molar-refractivity contribution < 1.29 is 4.80 Å². The van der Waals surface area contributed by atoms with Crippen LogP contribution in [0, 0.1) is 0 Å². The van der Waals surface area contributed by atoms with E-state index in [0.29, 0.717) is 0 Å². The topological polar surface area (TPSA) is 20.2 Å². The van der Waals surface area contributed by atoms with E-state index in [1.165, 1.54) is 0 Å². The van der Waals surface area contributed by atoms with Crippen molar-refractivity contribution >= 4 is 9.04 Å². The van der Waals surface area contributed by atoms with Crippen LogP contribution in [0.4, 0.5) is 0 Å². The Morgan fingerprint density at radius 1 is 1.83 bits per heavy atom. The maximum Gasteiger partial charge on any atom is 0.234 e. The minimum Gasteiger partial charge on any atom is -0.428 e. The minimum atomic E-state index is -1.15. The Morgan fingerprint density at radius 3 is 2.00 bits per heavy atom. The van der Waals surface area contributed by atoms with Gasteiger partial charge in [0.15, 0.2) is 0 Å². The van der Waals surface area contributed by atoms with Gasteiger partial charge in [-0.15, -0.1) is 6.58 Å². The zero-order valence-corrected chi connectivity index (χ0v) is 5.15. The lowest BCUT2D eigenvalue weighted by atomic mass is 10.8. The Hall–Kier alpha value is -0.0831. The lowest BCUT2D eigenvalue weighted by Crippen LogP contribution is -2.05. The second-order valence-electron chi connectivity index (χ2n) is 1.37. The lowest BCUT2D eigenvalue weighted by Gasteiger charge is -1.92. The van der Waals surface area contributed by atoms with E-state index in [-0.39, 0.29) is 0 Å². The highest BCUT2D eigenvalue weighted by Gasteiger charge is 1.95. The number of hydrogen-bond donors (Lipinski definition) is 1.